The second-order valence-corrected chi connectivity index (χ2v) is 8.20. The lowest BCUT2D eigenvalue weighted by atomic mass is 10.2. The smallest absolute Gasteiger partial charge is 0.226 e. The standard InChI is InChI=1S/C28H30N4O2/c1-21-28(22(2)32(30-21)25-12-8-5-9-13-25)29-27(33)18-19-31(20-23-10-6-4-7-11-23)24-14-16-26(34-3)17-15-24/h4-17H,18-20H2,1-3H3,(H,29,33). The Morgan fingerprint density at radius 1 is 0.941 bits per heavy atom. The van der Waals surface area contributed by atoms with Crippen LogP contribution in [0.1, 0.15) is 23.4 Å². The summed E-state index contributed by atoms with van der Waals surface area (Å²) in [4.78, 5) is 15.2. The Bertz CT molecular complexity index is 1220. The van der Waals surface area contributed by atoms with Crippen molar-refractivity contribution in [2.24, 2.45) is 0 Å². The van der Waals surface area contributed by atoms with E-state index in [9.17, 15) is 4.79 Å². The number of hydrogen-bond donors (Lipinski definition) is 1. The van der Waals surface area contributed by atoms with Gasteiger partial charge in [-0.05, 0) is 55.8 Å². The third-order valence-corrected chi connectivity index (χ3v) is 5.82. The van der Waals surface area contributed by atoms with Crippen LogP contribution in [0.2, 0.25) is 0 Å². The zero-order chi connectivity index (χ0) is 23.9. The van der Waals surface area contributed by atoms with Crippen molar-refractivity contribution in [2.75, 3.05) is 23.9 Å². The third kappa shape index (κ3) is 5.46. The number of ether oxygens (including phenoxy) is 1. The number of hydrogen-bond acceptors (Lipinski definition) is 4. The fourth-order valence-corrected chi connectivity index (χ4v) is 3.98. The summed E-state index contributed by atoms with van der Waals surface area (Å²) in [5, 5.41) is 7.72. The van der Waals surface area contributed by atoms with E-state index < -0.39 is 0 Å². The zero-order valence-corrected chi connectivity index (χ0v) is 19.9. The molecule has 34 heavy (non-hydrogen) atoms. The molecule has 0 unspecified atom stereocenters. The Morgan fingerprint density at radius 3 is 2.24 bits per heavy atom. The van der Waals surface area contributed by atoms with Crippen LogP contribution in [0.25, 0.3) is 5.69 Å². The largest absolute Gasteiger partial charge is 0.497 e. The first-order valence-corrected chi connectivity index (χ1v) is 11.4. The predicted molar refractivity (Wildman–Crippen MR) is 137 cm³/mol. The third-order valence-electron chi connectivity index (χ3n) is 5.82. The summed E-state index contributed by atoms with van der Waals surface area (Å²) < 4.78 is 7.16. The van der Waals surface area contributed by atoms with Gasteiger partial charge in [-0.1, -0.05) is 48.5 Å². The molecule has 6 heteroatoms. The molecule has 0 aliphatic heterocycles. The van der Waals surface area contributed by atoms with E-state index >= 15 is 0 Å². The quantitative estimate of drug-likeness (QED) is 0.361. The van der Waals surface area contributed by atoms with Crippen LogP contribution >= 0.6 is 0 Å². The number of anilines is 2. The Hall–Kier alpha value is -4.06. The molecular formula is C28H30N4O2. The minimum atomic E-state index is -0.0367. The van der Waals surface area contributed by atoms with Gasteiger partial charge in [0.15, 0.2) is 0 Å². The average Bonchev–Trinajstić information content (AvgIpc) is 3.16. The summed E-state index contributed by atoms with van der Waals surface area (Å²) in [6.45, 7) is 5.19. The number of nitrogens with one attached hydrogen (secondary N) is 1. The molecule has 0 spiro atoms. The number of carbonyl (C=O) groups excluding carboxylic acids is 1. The lowest BCUT2D eigenvalue weighted by molar-refractivity contribution is -0.116. The van der Waals surface area contributed by atoms with E-state index in [4.69, 9.17) is 4.74 Å². The van der Waals surface area contributed by atoms with E-state index in [1.807, 2.05) is 91.3 Å². The Labute approximate surface area is 200 Å². The van der Waals surface area contributed by atoms with Crippen molar-refractivity contribution < 1.29 is 9.53 Å². The Balaban J connectivity index is 1.47. The van der Waals surface area contributed by atoms with Gasteiger partial charge in [0, 0.05) is 25.2 Å². The normalized spacial score (nSPS) is 10.7. The molecule has 0 saturated heterocycles. The molecule has 4 aromatic rings. The topological polar surface area (TPSA) is 59.4 Å². The SMILES string of the molecule is COc1ccc(N(CCC(=O)Nc2c(C)nn(-c3ccccc3)c2C)Cc2ccccc2)cc1. The fraction of sp³-hybridized carbons (Fsp3) is 0.214. The van der Waals surface area contributed by atoms with Crippen molar-refractivity contribution in [1.82, 2.24) is 9.78 Å². The van der Waals surface area contributed by atoms with E-state index in [0.717, 1.165) is 34.2 Å². The van der Waals surface area contributed by atoms with Crippen molar-refractivity contribution in [3.05, 3.63) is 102 Å². The summed E-state index contributed by atoms with van der Waals surface area (Å²) in [6, 6.07) is 28.1. The molecule has 3 aromatic carbocycles. The minimum absolute atomic E-state index is 0.0367. The van der Waals surface area contributed by atoms with Crippen LogP contribution in [0, 0.1) is 13.8 Å². The van der Waals surface area contributed by atoms with Crippen LogP contribution < -0.4 is 15.0 Å². The Morgan fingerprint density at radius 2 is 1.59 bits per heavy atom. The fourth-order valence-electron chi connectivity index (χ4n) is 3.98. The van der Waals surface area contributed by atoms with Crippen molar-refractivity contribution in [3.8, 4) is 11.4 Å². The van der Waals surface area contributed by atoms with Gasteiger partial charge < -0.3 is 15.0 Å². The molecule has 174 valence electrons. The molecule has 1 aromatic heterocycles. The van der Waals surface area contributed by atoms with Crippen molar-refractivity contribution in [2.45, 2.75) is 26.8 Å². The van der Waals surface area contributed by atoms with Gasteiger partial charge in [-0.3, -0.25) is 4.79 Å². The molecule has 0 fully saturated rings. The van der Waals surface area contributed by atoms with Crippen LogP contribution in [0.5, 0.6) is 5.75 Å². The van der Waals surface area contributed by atoms with Crippen LogP contribution in [0.15, 0.2) is 84.9 Å². The second-order valence-electron chi connectivity index (χ2n) is 8.20. The molecule has 0 bridgehead atoms. The van der Waals surface area contributed by atoms with Gasteiger partial charge in [-0.25, -0.2) is 4.68 Å². The molecular weight excluding hydrogens is 424 g/mol. The summed E-state index contributed by atoms with van der Waals surface area (Å²) in [7, 11) is 1.66. The number of nitrogens with zero attached hydrogens (tertiary/aromatic N) is 3. The van der Waals surface area contributed by atoms with E-state index in [1.165, 1.54) is 5.56 Å². The maximum atomic E-state index is 13.0. The number of rotatable bonds is 9. The molecule has 0 radical (unpaired) electrons. The molecule has 0 saturated carbocycles. The monoisotopic (exact) mass is 454 g/mol. The van der Waals surface area contributed by atoms with Crippen LogP contribution in [0.4, 0.5) is 11.4 Å². The maximum Gasteiger partial charge on any atom is 0.226 e. The van der Waals surface area contributed by atoms with Gasteiger partial charge in [0.05, 0.1) is 29.9 Å². The Kier molecular flexibility index (Phi) is 7.28. The highest BCUT2D eigenvalue weighted by Crippen LogP contribution is 2.24. The van der Waals surface area contributed by atoms with Gasteiger partial charge in [-0.15, -0.1) is 0 Å². The van der Waals surface area contributed by atoms with Gasteiger partial charge in [0.25, 0.3) is 0 Å². The molecule has 1 N–H and O–H groups in total. The molecule has 0 atom stereocenters. The van der Waals surface area contributed by atoms with E-state index in [1.54, 1.807) is 7.11 Å². The highest BCUT2D eigenvalue weighted by molar-refractivity contribution is 5.92. The number of benzene rings is 3. The summed E-state index contributed by atoms with van der Waals surface area (Å²) in [5.41, 5.74) is 5.68. The first-order chi connectivity index (χ1) is 16.5. The van der Waals surface area contributed by atoms with E-state index in [2.05, 4.69) is 27.4 Å². The van der Waals surface area contributed by atoms with Crippen LogP contribution in [0.3, 0.4) is 0 Å². The second kappa shape index (κ2) is 10.7. The number of para-hydroxylation sites is 1. The van der Waals surface area contributed by atoms with Crippen molar-refractivity contribution >= 4 is 17.3 Å². The summed E-state index contributed by atoms with van der Waals surface area (Å²) in [6.07, 6.45) is 0.355. The molecule has 0 aliphatic carbocycles. The molecule has 0 aliphatic rings. The number of amides is 1. The maximum absolute atomic E-state index is 13.0. The molecule has 6 nitrogen and oxygen atoms in total. The first-order valence-electron chi connectivity index (χ1n) is 11.4. The van der Waals surface area contributed by atoms with Crippen LogP contribution in [-0.4, -0.2) is 29.3 Å². The highest BCUT2D eigenvalue weighted by Gasteiger charge is 2.16. The van der Waals surface area contributed by atoms with Crippen molar-refractivity contribution in [3.63, 3.8) is 0 Å². The van der Waals surface area contributed by atoms with E-state index in [0.29, 0.717) is 19.5 Å². The first kappa shape index (κ1) is 23.1. The summed E-state index contributed by atoms with van der Waals surface area (Å²) in [5.74, 6) is 0.771. The molecule has 1 heterocycles. The lowest BCUT2D eigenvalue weighted by Crippen LogP contribution is -2.27. The zero-order valence-electron chi connectivity index (χ0n) is 19.9. The number of carbonyl (C=O) groups is 1. The minimum Gasteiger partial charge on any atom is -0.497 e. The summed E-state index contributed by atoms with van der Waals surface area (Å²) >= 11 is 0. The predicted octanol–water partition coefficient (Wildman–Crippen LogP) is 5.53. The van der Waals surface area contributed by atoms with E-state index in [-0.39, 0.29) is 5.91 Å². The average molecular weight is 455 g/mol. The molecule has 4 rings (SSSR count). The van der Waals surface area contributed by atoms with Gasteiger partial charge in [-0.2, -0.15) is 5.10 Å². The van der Waals surface area contributed by atoms with Gasteiger partial charge in [0.1, 0.15) is 5.75 Å². The van der Waals surface area contributed by atoms with Crippen molar-refractivity contribution in [1.29, 1.82) is 0 Å². The molecule has 1 amide bonds. The highest BCUT2D eigenvalue weighted by atomic mass is 16.5. The van der Waals surface area contributed by atoms with Gasteiger partial charge in [0.2, 0.25) is 5.91 Å². The van der Waals surface area contributed by atoms with Crippen LogP contribution in [-0.2, 0) is 11.3 Å². The number of aryl methyl sites for hydroxylation is 1. The lowest BCUT2D eigenvalue weighted by Gasteiger charge is -2.25. The number of methoxy groups -OCH3 is 1. The van der Waals surface area contributed by atoms with Gasteiger partial charge >= 0.3 is 0 Å². The number of aromatic nitrogens is 2.